The van der Waals surface area contributed by atoms with Crippen LogP contribution in [0, 0.1) is 13.8 Å². The van der Waals surface area contributed by atoms with Crippen LogP contribution in [0.5, 0.6) is 5.75 Å². The zero-order valence-electron chi connectivity index (χ0n) is 10.6. The van der Waals surface area contributed by atoms with E-state index in [1.54, 1.807) is 13.0 Å². The zero-order chi connectivity index (χ0) is 14.0. The molecular formula is C14H13BrO4. The van der Waals surface area contributed by atoms with Gasteiger partial charge in [0.25, 0.3) is 0 Å². The molecule has 0 aliphatic carbocycles. The van der Waals surface area contributed by atoms with Crippen LogP contribution in [0.1, 0.15) is 27.4 Å². The van der Waals surface area contributed by atoms with Crippen molar-refractivity contribution in [3.05, 3.63) is 51.4 Å². The molecule has 1 heterocycles. The van der Waals surface area contributed by atoms with Gasteiger partial charge in [0.15, 0.2) is 0 Å². The van der Waals surface area contributed by atoms with Gasteiger partial charge in [-0.3, -0.25) is 0 Å². The number of benzene rings is 1. The van der Waals surface area contributed by atoms with E-state index in [4.69, 9.17) is 14.3 Å². The highest BCUT2D eigenvalue weighted by Crippen LogP contribution is 2.23. The van der Waals surface area contributed by atoms with Gasteiger partial charge in [-0.1, -0.05) is 15.9 Å². The van der Waals surface area contributed by atoms with Gasteiger partial charge < -0.3 is 14.3 Å². The van der Waals surface area contributed by atoms with Crippen LogP contribution in [0.4, 0.5) is 0 Å². The Morgan fingerprint density at radius 3 is 2.63 bits per heavy atom. The Bertz CT molecular complexity index is 616. The van der Waals surface area contributed by atoms with E-state index in [9.17, 15) is 4.79 Å². The molecular weight excluding hydrogens is 312 g/mol. The summed E-state index contributed by atoms with van der Waals surface area (Å²) in [6.45, 7) is 3.87. The van der Waals surface area contributed by atoms with E-state index in [1.807, 2.05) is 25.1 Å². The molecule has 0 saturated heterocycles. The minimum Gasteiger partial charge on any atom is -0.486 e. The summed E-state index contributed by atoms with van der Waals surface area (Å²) in [5.41, 5.74) is 1.66. The number of furan rings is 1. The molecule has 0 unspecified atom stereocenters. The number of aromatic carboxylic acids is 1. The van der Waals surface area contributed by atoms with Crippen LogP contribution in [0.25, 0.3) is 0 Å². The maximum atomic E-state index is 10.9. The van der Waals surface area contributed by atoms with Gasteiger partial charge in [0, 0.05) is 10.0 Å². The van der Waals surface area contributed by atoms with Crippen LogP contribution in [-0.2, 0) is 6.61 Å². The predicted octanol–water partition coefficient (Wildman–Crippen LogP) is 3.94. The van der Waals surface area contributed by atoms with E-state index in [-0.39, 0.29) is 12.4 Å². The Morgan fingerprint density at radius 1 is 1.32 bits per heavy atom. The number of carboxylic acids is 1. The summed E-state index contributed by atoms with van der Waals surface area (Å²) >= 11 is 3.41. The van der Waals surface area contributed by atoms with Gasteiger partial charge in [0.2, 0.25) is 5.76 Å². The summed E-state index contributed by atoms with van der Waals surface area (Å²) in [6, 6.07) is 7.32. The highest BCUT2D eigenvalue weighted by molar-refractivity contribution is 9.10. The normalized spacial score (nSPS) is 10.5. The van der Waals surface area contributed by atoms with Crippen LogP contribution in [0.2, 0.25) is 0 Å². The van der Waals surface area contributed by atoms with Crippen LogP contribution < -0.4 is 4.74 Å². The Kier molecular flexibility index (Phi) is 3.95. The quantitative estimate of drug-likeness (QED) is 0.925. The van der Waals surface area contributed by atoms with Crippen LogP contribution in [-0.4, -0.2) is 11.1 Å². The van der Waals surface area contributed by atoms with Gasteiger partial charge in [-0.05, 0) is 43.7 Å². The monoisotopic (exact) mass is 324 g/mol. The molecule has 1 N–H and O–H groups in total. The molecule has 0 fully saturated rings. The van der Waals surface area contributed by atoms with Crippen molar-refractivity contribution in [3.8, 4) is 5.75 Å². The third-order valence-electron chi connectivity index (χ3n) is 2.67. The second kappa shape index (κ2) is 5.48. The van der Waals surface area contributed by atoms with E-state index < -0.39 is 5.97 Å². The van der Waals surface area contributed by atoms with Crippen LogP contribution in [0.15, 0.2) is 33.2 Å². The number of carbonyl (C=O) groups is 1. The average Bonchev–Trinajstić information content (AvgIpc) is 2.72. The fourth-order valence-corrected chi connectivity index (χ4v) is 1.94. The first-order valence-electron chi connectivity index (χ1n) is 5.69. The fraction of sp³-hybridized carbons (Fsp3) is 0.214. The Labute approximate surface area is 119 Å². The molecule has 1 aromatic heterocycles. The largest absolute Gasteiger partial charge is 0.486 e. The van der Waals surface area contributed by atoms with Gasteiger partial charge in [0.05, 0.1) is 0 Å². The van der Waals surface area contributed by atoms with Crippen molar-refractivity contribution in [1.82, 2.24) is 0 Å². The van der Waals surface area contributed by atoms with Gasteiger partial charge in [-0.2, -0.15) is 0 Å². The first-order chi connectivity index (χ1) is 8.97. The summed E-state index contributed by atoms with van der Waals surface area (Å²) in [7, 11) is 0. The van der Waals surface area contributed by atoms with Crippen molar-refractivity contribution < 1.29 is 19.1 Å². The smallest absolute Gasteiger partial charge is 0.372 e. The van der Waals surface area contributed by atoms with Crippen LogP contribution >= 0.6 is 15.9 Å². The molecule has 0 saturated carbocycles. The standard InChI is InChI=1S/C14H13BrO4/c1-8-5-10(3-4-12(8)15)18-7-11-6-9(2)13(19-11)14(16)17/h3-6H,7H2,1-2H3,(H,16,17). The van der Waals surface area contributed by atoms with E-state index in [2.05, 4.69) is 15.9 Å². The number of rotatable bonds is 4. The lowest BCUT2D eigenvalue weighted by atomic mass is 10.2. The molecule has 0 atom stereocenters. The minimum atomic E-state index is -1.07. The van der Waals surface area contributed by atoms with Crippen LogP contribution in [0.3, 0.4) is 0 Å². The Morgan fingerprint density at radius 2 is 2.05 bits per heavy atom. The Hall–Kier alpha value is -1.75. The van der Waals surface area contributed by atoms with E-state index in [1.165, 1.54) is 0 Å². The average molecular weight is 325 g/mol. The van der Waals surface area contributed by atoms with Crippen molar-refractivity contribution in [2.75, 3.05) is 0 Å². The molecule has 0 aliphatic heterocycles. The highest BCUT2D eigenvalue weighted by atomic mass is 79.9. The maximum Gasteiger partial charge on any atom is 0.372 e. The van der Waals surface area contributed by atoms with Crippen molar-refractivity contribution in [1.29, 1.82) is 0 Å². The first-order valence-corrected chi connectivity index (χ1v) is 6.48. The number of hydrogen-bond acceptors (Lipinski definition) is 3. The minimum absolute atomic E-state index is 0.0365. The summed E-state index contributed by atoms with van der Waals surface area (Å²) < 4.78 is 11.8. The van der Waals surface area contributed by atoms with E-state index in [0.717, 1.165) is 10.0 Å². The summed E-state index contributed by atoms with van der Waals surface area (Å²) in [6.07, 6.45) is 0. The lowest BCUT2D eigenvalue weighted by Gasteiger charge is -2.06. The maximum absolute atomic E-state index is 10.9. The number of aryl methyl sites for hydroxylation is 2. The molecule has 5 heteroatoms. The summed E-state index contributed by atoms with van der Waals surface area (Å²) in [5, 5.41) is 8.89. The molecule has 4 nitrogen and oxygen atoms in total. The number of hydrogen-bond donors (Lipinski definition) is 1. The van der Waals surface area contributed by atoms with Crippen molar-refractivity contribution in [3.63, 3.8) is 0 Å². The molecule has 2 rings (SSSR count). The first kappa shape index (κ1) is 13.7. The summed E-state index contributed by atoms with van der Waals surface area (Å²) in [4.78, 5) is 10.9. The van der Waals surface area contributed by atoms with Crippen molar-refractivity contribution in [2.24, 2.45) is 0 Å². The van der Waals surface area contributed by atoms with Gasteiger partial charge in [0.1, 0.15) is 18.1 Å². The Balaban J connectivity index is 2.08. The molecule has 100 valence electrons. The molecule has 19 heavy (non-hydrogen) atoms. The second-order valence-corrected chi connectivity index (χ2v) is 5.08. The van der Waals surface area contributed by atoms with Gasteiger partial charge >= 0.3 is 5.97 Å². The number of carboxylic acid groups (broad SMARTS) is 1. The van der Waals surface area contributed by atoms with E-state index >= 15 is 0 Å². The van der Waals surface area contributed by atoms with Gasteiger partial charge in [-0.25, -0.2) is 4.79 Å². The fourth-order valence-electron chi connectivity index (χ4n) is 1.69. The number of ether oxygens (including phenoxy) is 1. The van der Waals surface area contributed by atoms with E-state index in [0.29, 0.717) is 17.1 Å². The topological polar surface area (TPSA) is 59.7 Å². The second-order valence-electron chi connectivity index (χ2n) is 4.23. The molecule has 0 amide bonds. The molecule has 0 radical (unpaired) electrons. The molecule has 0 aliphatic rings. The summed E-state index contributed by atoms with van der Waals surface area (Å²) in [5.74, 6) is 0.107. The van der Waals surface area contributed by atoms with Gasteiger partial charge in [-0.15, -0.1) is 0 Å². The highest BCUT2D eigenvalue weighted by Gasteiger charge is 2.14. The SMILES string of the molecule is Cc1cc(OCc2cc(C)c(C(=O)O)o2)ccc1Br. The van der Waals surface area contributed by atoms with Crippen molar-refractivity contribution >= 4 is 21.9 Å². The third-order valence-corrected chi connectivity index (χ3v) is 3.56. The zero-order valence-corrected chi connectivity index (χ0v) is 12.2. The lowest BCUT2D eigenvalue weighted by molar-refractivity contribution is 0.0657. The third kappa shape index (κ3) is 3.17. The molecule has 0 bridgehead atoms. The molecule has 1 aromatic carbocycles. The molecule has 0 spiro atoms. The predicted molar refractivity (Wildman–Crippen MR) is 73.6 cm³/mol. The number of halogens is 1. The molecule has 2 aromatic rings. The van der Waals surface area contributed by atoms with Crippen molar-refractivity contribution in [2.45, 2.75) is 20.5 Å². The lowest BCUT2D eigenvalue weighted by Crippen LogP contribution is -1.96.